The molecule has 0 radical (unpaired) electrons. The van der Waals surface area contributed by atoms with Gasteiger partial charge in [-0.25, -0.2) is 4.68 Å². The highest BCUT2D eigenvalue weighted by Crippen LogP contribution is 2.38. The third-order valence-corrected chi connectivity index (χ3v) is 4.49. The summed E-state index contributed by atoms with van der Waals surface area (Å²) < 4.78 is 7.43. The van der Waals surface area contributed by atoms with Crippen LogP contribution in [-0.4, -0.2) is 39.9 Å². The molecule has 1 aliphatic heterocycles. The topological polar surface area (TPSA) is 43.2 Å². The number of likely N-dealkylation sites (tertiary alicyclic amines) is 1. The SMILES string of the molecule is COc1c([C@H]2CCCN2CCc2ccccn2)c(C)nn1C. The Kier molecular flexibility index (Phi) is 4.43. The number of aromatic nitrogens is 3. The highest BCUT2D eigenvalue weighted by Gasteiger charge is 2.31. The summed E-state index contributed by atoms with van der Waals surface area (Å²) in [6.07, 6.45) is 5.25. The van der Waals surface area contributed by atoms with Crippen LogP contribution in [0.25, 0.3) is 0 Å². The lowest BCUT2D eigenvalue weighted by atomic mass is 10.0. The normalized spacial score (nSPS) is 18.8. The lowest BCUT2D eigenvalue weighted by Gasteiger charge is -2.24. The molecule has 0 spiro atoms. The van der Waals surface area contributed by atoms with E-state index in [2.05, 4.69) is 34.0 Å². The number of methoxy groups -OCH3 is 1. The van der Waals surface area contributed by atoms with Crippen molar-refractivity contribution in [3.63, 3.8) is 0 Å². The van der Waals surface area contributed by atoms with Gasteiger partial charge < -0.3 is 4.74 Å². The van der Waals surface area contributed by atoms with Gasteiger partial charge in [-0.15, -0.1) is 0 Å². The molecule has 5 nitrogen and oxygen atoms in total. The van der Waals surface area contributed by atoms with Gasteiger partial charge in [-0.05, 0) is 38.4 Å². The number of aryl methyl sites for hydroxylation is 2. The molecule has 1 aliphatic rings. The maximum absolute atomic E-state index is 5.58. The minimum atomic E-state index is 0.410. The monoisotopic (exact) mass is 300 g/mol. The maximum atomic E-state index is 5.58. The Hall–Kier alpha value is -1.88. The van der Waals surface area contributed by atoms with Gasteiger partial charge in [0.1, 0.15) is 0 Å². The number of nitrogens with zero attached hydrogens (tertiary/aromatic N) is 4. The van der Waals surface area contributed by atoms with E-state index in [-0.39, 0.29) is 0 Å². The Morgan fingerprint density at radius 3 is 2.95 bits per heavy atom. The van der Waals surface area contributed by atoms with Gasteiger partial charge in [-0.3, -0.25) is 9.88 Å². The van der Waals surface area contributed by atoms with Crippen molar-refractivity contribution in [2.75, 3.05) is 20.2 Å². The van der Waals surface area contributed by atoms with Gasteiger partial charge in [0.15, 0.2) is 0 Å². The summed E-state index contributed by atoms with van der Waals surface area (Å²) in [4.78, 5) is 6.97. The first kappa shape index (κ1) is 15.0. The van der Waals surface area contributed by atoms with Crippen molar-refractivity contribution in [3.8, 4) is 5.88 Å². The summed E-state index contributed by atoms with van der Waals surface area (Å²) in [5, 5.41) is 4.53. The lowest BCUT2D eigenvalue weighted by Crippen LogP contribution is -2.26. The zero-order valence-corrected chi connectivity index (χ0v) is 13.6. The van der Waals surface area contributed by atoms with Crippen LogP contribution in [0.15, 0.2) is 24.4 Å². The molecule has 3 rings (SSSR count). The van der Waals surface area contributed by atoms with Crippen LogP contribution in [0.2, 0.25) is 0 Å². The fraction of sp³-hybridized carbons (Fsp3) is 0.529. The molecule has 1 saturated heterocycles. The predicted octanol–water partition coefficient (Wildman–Crippen LogP) is 2.51. The first-order chi connectivity index (χ1) is 10.7. The molecule has 0 aromatic carbocycles. The fourth-order valence-electron chi connectivity index (χ4n) is 3.50. The molecule has 1 fully saturated rings. The molecule has 118 valence electrons. The summed E-state index contributed by atoms with van der Waals surface area (Å²) in [5.74, 6) is 0.896. The van der Waals surface area contributed by atoms with E-state index in [0.717, 1.165) is 36.8 Å². The van der Waals surface area contributed by atoms with E-state index >= 15 is 0 Å². The molecule has 1 atom stereocenters. The second kappa shape index (κ2) is 6.48. The summed E-state index contributed by atoms with van der Waals surface area (Å²) >= 11 is 0. The van der Waals surface area contributed by atoms with Crippen LogP contribution in [0.3, 0.4) is 0 Å². The van der Waals surface area contributed by atoms with Crippen molar-refractivity contribution in [1.29, 1.82) is 0 Å². The number of pyridine rings is 1. The van der Waals surface area contributed by atoms with Gasteiger partial charge in [-0.2, -0.15) is 5.10 Å². The molecule has 3 heterocycles. The van der Waals surface area contributed by atoms with E-state index in [1.807, 2.05) is 24.0 Å². The van der Waals surface area contributed by atoms with Crippen molar-refractivity contribution in [2.24, 2.45) is 7.05 Å². The molecular weight excluding hydrogens is 276 g/mol. The fourth-order valence-corrected chi connectivity index (χ4v) is 3.50. The van der Waals surface area contributed by atoms with Crippen LogP contribution < -0.4 is 4.74 Å². The van der Waals surface area contributed by atoms with Crippen molar-refractivity contribution < 1.29 is 4.74 Å². The second-order valence-corrected chi connectivity index (χ2v) is 5.90. The molecule has 0 amide bonds. The molecule has 22 heavy (non-hydrogen) atoms. The minimum Gasteiger partial charge on any atom is -0.481 e. The van der Waals surface area contributed by atoms with Crippen LogP contribution in [0, 0.1) is 6.92 Å². The second-order valence-electron chi connectivity index (χ2n) is 5.90. The zero-order valence-electron chi connectivity index (χ0n) is 13.6. The number of ether oxygens (including phenoxy) is 1. The Labute approximate surface area is 131 Å². The standard InChI is InChI=1S/C17H24N4O/c1-13-16(17(22-3)20(2)19-13)15-8-6-11-21(15)12-9-14-7-4-5-10-18-14/h4-5,7,10,15H,6,8-9,11-12H2,1-3H3/t15-/m1/s1. The van der Waals surface area contributed by atoms with Gasteiger partial charge in [0.05, 0.1) is 18.4 Å². The smallest absolute Gasteiger partial charge is 0.216 e. The van der Waals surface area contributed by atoms with Crippen LogP contribution >= 0.6 is 0 Å². The molecule has 2 aromatic rings. The quantitative estimate of drug-likeness (QED) is 0.851. The number of rotatable bonds is 5. The van der Waals surface area contributed by atoms with E-state index in [9.17, 15) is 0 Å². The van der Waals surface area contributed by atoms with Crippen LogP contribution in [0.4, 0.5) is 0 Å². The summed E-state index contributed by atoms with van der Waals surface area (Å²) in [5.41, 5.74) is 3.49. The van der Waals surface area contributed by atoms with Gasteiger partial charge >= 0.3 is 0 Å². The third-order valence-electron chi connectivity index (χ3n) is 4.49. The summed E-state index contributed by atoms with van der Waals surface area (Å²) in [6.45, 7) is 4.24. The molecule has 0 bridgehead atoms. The van der Waals surface area contributed by atoms with Crippen molar-refractivity contribution in [2.45, 2.75) is 32.2 Å². The summed E-state index contributed by atoms with van der Waals surface area (Å²) in [7, 11) is 3.68. The minimum absolute atomic E-state index is 0.410. The van der Waals surface area contributed by atoms with Gasteiger partial charge in [-0.1, -0.05) is 6.07 Å². The summed E-state index contributed by atoms with van der Waals surface area (Å²) in [6, 6.07) is 6.53. The van der Waals surface area contributed by atoms with Crippen molar-refractivity contribution in [1.82, 2.24) is 19.7 Å². The average Bonchev–Trinajstić information content (AvgIpc) is 3.09. The number of hydrogen-bond acceptors (Lipinski definition) is 4. The first-order valence-corrected chi connectivity index (χ1v) is 7.92. The Bertz CT molecular complexity index is 623. The highest BCUT2D eigenvalue weighted by atomic mass is 16.5. The highest BCUT2D eigenvalue weighted by molar-refractivity contribution is 5.35. The van der Waals surface area contributed by atoms with E-state index in [1.54, 1.807) is 7.11 Å². The molecule has 2 aromatic heterocycles. The third kappa shape index (κ3) is 2.86. The molecule has 0 unspecified atom stereocenters. The van der Waals surface area contributed by atoms with E-state index in [0.29, 0.717) is 6.04 Å². The first-order valence-electron chi connectivity index (χ1n) is 7.92. The Morgan fingerprint density at radius 2 is 2.23 bits per heavy atom. The average molecular weight is 300 g/mol. The van der Waals surface area contributed by atoms with Crippen LogP contribution in [-0.2, 0) is 13.5 Å². The maximum Gasteiger partial charge on any atom is 0.216 e. The van der Waals surface area contributed by atoms with Gasteiger partial charge in [0, 0.05) is 37.9 Å². The largest absolute Gasteiger partial charge is 0.481 e. The van der Waals surface area contributed by atoms with Crippen molar-refractivity contribution in [3.05, 3.63) is 41.3 Å². The van der Waals surface area contributed by atoms with E-state index < -0.39 is 0 Å². The molecule has 0 N–H and O–H groups in total. The molecule has 0 saturated carbocycles. The Morgan fingerprint density at radius 1 is 1.36 bits per heavy atom. The van der Waals surface area contributed by atoms with Crippen molar-refractivity contribution >= 4 is 0 Å². The number of hydrogen-bond donors (Lipinski definition) is 0. The van der Waals surface area contributed by atoms with E-state index in [1.165, 1.54) is 18.4 Å². The molecule has 0 aliphatic carbocycles. The van der Waals surface area contributed by atoms with Gasteiger partial charge in [0.25, 0.3) is 0 Å². The van der Waals surface area contributed by atoms with Gasteiger partial charge in [0.2, 0.25) is 5.88 Å². The molecule has 5 heteroatoms. The molecular formula is C17H24N4O. The predicted molar refractivity (Wildman–Crippen MR) is 86.0 cm³/mol. The lowest BCUT2D eigenvalue weighted by molar-refractivity contribution is 0.251. The van der Waals surface area contributed by atoms with Crippen LogP contribution in [0.5, 0.6) is 5.88 Å². The van der Waals surface area contributed by atoms with Crippen LogP contribution in [0.1, 0.15) is 35.8 Å². The van der Waals surface area contributed by atoms with E-state index in [4.69, 9.17) is 4.74 Å². The zero-order chi connectivity index (χ0) is 15.5. The Balaban J connectivity index is 1.76.